The van der Waals surface area contributed by atoms with Crippen LogP contribution < -0.4 is 11.0 Å². The van der Waals surface area contributed by atoms with Crippen molar-refractivity contribution in [2.24, 2.45) is 5.10 Å². The fourth-order valence-corrected chi connectivity index (χ4v) is 2.76. The van der Waals surface area contributed by atoms with Gasteiger partial charge in [-0.15, -0.1) is 0 Å². The Morgan fingerprint density at radius 2 is 1.76 bits per heavy atom. The van der Waals surface area contributed by atoms with E-state index in [0.717, 1.165) is 0 Å². The van der Waals surface area contributed by atoms with Gasteiger partial charge in [-0.05, 0) is 36.4 Å². The van der Waals surface area contributed by atoms with Gasteiger partial charge in [-0.2, -0.15) is 5.10 Å². The number of fused-ring (bicyclic) bond motifs is 1. The smallest absolute Gasteiger partial charge is 0.301 e. The molecule has 4 N–H and O–H groups in total. The van der Waals surface area contributed by atoms with Crippen LogP contribution in [0.4, 0.5) is 5.82 Å². The number of hydrogen-bond acceptors (Lipinski definition) is 8. The largest absolute Gasteiger partial charge is 0.504 e. The number of nitrogens with zero attached hydrogens (tertiary/aromatic N) is 4. The lowest BCUT2D eigenvalue weighted by Crippen LogP contribution is -2.23. The fourth-order valence-electron chi connectivity index (χ4n) is 2.76. The molecule has 0 aliphatic carbocycles. The Labute approximate surface area is 163 Å². The minimum Gasteiger partial charge on any atom is -0.504 e. The molecule has 2 aromatic heterocycles. The number of benzene rings is 2. The zero-order chi connectivity index (χ0) is 20.4. The number of aromatic nitrogens is 3. The Balaban J connectivity index is 1.76. The van der Waals surface area contributed by atoms with Gasteiger partial charge < -0.3 is 15.3 Å². The molecule has 0 fully saturated rings. The van der Waals surface area contributed by atoms with Crippen LogP contribution in [0, 0.1) is 0 Å². The van der Waals surface area contributed by atoms with Gasteiger partial charge in [-0.3, -0.25) is 14.8 Å². The van der Waals surface area contributed by atoms with E-state index in [0.29, 0.717) is 16.9 Å². The zero-order valence-corrected chi connectivity index (χ0v) is 14.9. The highest BCUT2D eigenvalue weighted by Crippen LogP contribution is 2.36. The first-order valence-electron chi connectivity index (χ1n) is 8.52. The normalized spacial score (nSPS) is 11.2. The highest BCUT2D eigenvalue weighted by Gasteiger charge is 2.13. The molecule has 0 saturated carbocycles. The number of anilines is 1. The van der Waals surface area contributed by atoms with Crippen molar-refractivity contribution >= 4 is 23.2 Å². The summed E-state index contributed by atoms with van der Waals surface area (Å²) < 4.78 is 1.42. The molecule has 2 heterocycles. The molecule has 0 aliphatic rings. The van der Waals surface area contributed by atoms with Gasteiger partial charge in [0.15, 0.2) is 17.1 Å². The third-order valence-electron chi connectivity index (χ3n) is 4.17. The van der Waals surface area contributed by atoms with E-state index >= 15 is 0 Å². The highest BCUT2D eigenvalue weighted by molar-refractivity contribution is 5.86. The second-order valence-electron chi connectivity index (χ2n) is 6.02. The number of hydrazone groups is 1. The monoisotopic (exact) mass is 389 g/mol. The topological polar surface area (TPSA) is 133 Å². The first-order valence-corrected chi connectivity index (χ1v) is 8.52. The minimum atomic E-state index is -0.657. The van der Waals surface area contributed by atoms with Crippen LogP contribution in [0.3, 0.4) is 0 Å². The van der Waals surface area contributed by atoms with Crippen LogP contribution in [0.5, 0.6) is 17.2 Å². The van der Waals surface area contributed by atoms with Crippen molar-refractivity contribution in [3.05, 3.63) is 76.7 Å². The maximum atomic E-state index is 13.0. The first-order chi connectivity index (χ1) is 14.1. The Hall–Kier alpha value is -4.40. The molecule has 2 aromatic carbocycles. The van der Waals surface area contributed by atoms with Gasteiger partial charge in [-0.1, -0.05) is 18.2 Å². The van der Waals surface area contributed by atoms with E-state index in [9.17, 15) is 20.1 Å². The summed E-state index contributed by atoms with van der Waals surface area (Å²) in [5.41, 5.74) is 3.75. The van der Waals surface area contributed by atoms with Gasteiger partial charge in [0.25, 0.3) is 0 Å². The SMILES string of the molecule is O=c1c(N/N=C/c2ccc(O)c(O)c2O)nc2cccnc2n1-c1ccccc1. The molecule has 0 radical (unpaired) electrons. The lowest BCUT2D eigenvalue weighted by molar-refractivity contribution is 0.367. The molecule has 4 rings (SSSR count). The number of hydrogen-bond donors (Lipinski definition) is 4. The number of aromatic hydroxyl groups is 3. The molecule has 0 aliphatic heterocycles. The Morgan fingerprint density at radius 3 is 2.55 bits per heavy atom. The molecule has 4 aromatic rings. The van der Waals surface area contributed by atoms with Gasteiger partial charge in [0.2, 0.25) is 11.6 Å². The molecule has 0 amide bonds. The summed E-state index contributed by atoms with van der Waals surface area (Å²) in [7, 11) is 0. The van der Waals surface area contributed by atoms with Crippen LogP contribution in [0.15, 0.2) is 70.7 Å². The van der Waals surface area contributed by atoms with Crippen molar-refractivity contribution < 1.29 is 15.3 Å². The first kappa shape index (κ1) is 18.0. The van der Waals surface area contributed by atoms with Crippen molar-refractivity contribution in [1.29, 1.82) is 0 Å². The molecule has 144 valence electrons. The van der Waals surface area contributed by atoms with Crippen LogP contribution in [-0.2, 0) is 0 Å². The molecule has 29 heavy (non-hydrogen) atoms. The maximum absolute atomic E-state index is 13.0. The van der Waals surface area contributed by atoms with Crippen LogP contribution in [0.25, 0.3) is 16.9 Å². The molecule has 0 spiro atoms. The van der Waals surface area contributed by atoms with E-state index in [2.05, 4.69) is 20.5 Å². The van der Waals surface area contributed by atoms with Gasteiger partial charge in [-0.25, -0.2) is 9.97 Å². The third kappa shape index (κ3) is 3.32. The van der Waals surface area contributed by atoms with E-state index in [1.165, 1.54) is 22.9 Å². The zero-order valence-electron chi connectivity index (χ0n) is 14.9. The summed E-state index contributed by atoms with van der Waals surface area (Å²) in [5.74, 6) is -1.70. The number of rotatable bonds is 4. The summed E-state index contributed by atoms with van der Waals surface area (Å²) in [6.45, 7) is 0. The third-order valence-corrected chi connectivity index (χ3v) is 4.17. The number of phenols is 3. The Morgan fingerprint density at radius 1 is 0.966 bits per heavy atom. The lowest BCUT2D eigenvalue weighted by Gasteiger charge is -2.11. The van der Waals surface area contributed by atoms with Crippen molar-refractivity contribution in [2.45, 2.75) is 0 Å². The van der Waals surface area contributed by atoms with Crippen molar-refractivity contribution in [1.82, 2.24) is 14.5 Å². The quantitative estimate of drug-likeness (QED) is 0.239. The minimum absolute atomic E-state index is 0.0481. The molecular weight excluding hydrogens is 374 g/mol. The molecule has 0 unspecified atom stereocenters. The van der Waals surface area contributed by atoms with Crippen molar-refractivity contribution in [3.63, 3.8) is 0 Å². The molecule has 9 nitrogen and oxygen atoms in total. The van der Waals surface area contributed by atoms with Crippen molar-refractivity contribution in [2.75, 3.05) is 5.43 Å². The summed E-state index contributed by atoms with van der Waals surface area (Å²) in [6, 6.07) is 15.0. The van der Waals surface area contributed by atoms with Gasteiger partial charge in [0.05, 0.1) is 11.9 Å². The summed E-state index contributed by atoms with van der Waals surface area (Å²) in [6.07, 6.45) is 2.77. The van der Waals surface area contributed by atoms with E-state index < -0.39 is 22.8 Å². The van der Waals surface area contributed by atoms with Gasteiger partial charge in [0.1, 0.15) is 5.52 Å². The predicted molar refractivity (Wildman–Crippen MR) is 108 cm³/mol. The van der Waals surface area contributed by atoms with Crippen LogP contribution >= 0.6 is 0 Å². The van der Waals surface area contributed by atoms with E-state index in [4.69, 9.17) is 0 Å². The van der Waals surface area contributed by atoms with Gasteiger partial charge in [0, 0.05) is 11.8 Å². The number of pyridine rings is 1. The van der Waals surface area contributed by atoms with Gasteiger partial charge >= 0.3 is 5.56 Å². The van der Waals surface area contributed by atoms with E-state index in [1.54, 1.807) is 30.5 Å². The Bertz CT molecular complexity index is 1290. The molecular formula is C20H15N5O4. The molecule has 0 bridgehead atoms. The van der Waals surface area contributed by atoms with Crippen LogP contribution in [0.2, 0.25) is 0 Å². The standard InChI is InChI=1S/C20H15N5O4/c26-15-9-8-12(16(27)17(15)28)11-22-24-18-20(29)25(13-5-2-1-3-6-13)19-14(23-18)7-4-10-21-19/h1-11,26-28H,(H,23,24)/b22-11+. The number of nitrogens with one attached hydrogen (secondary N) is 1. The predicted octanol–water partition coefficient (Wildman–Crippen LogP) is 2.34. The summed E-state index contributed by atoms with van der Waals surface area (Å²) >= 11 is 0. The second kappa shape index (κ2) is 7.31. The number of para-hydroxylation sites is 1. The average molecular weight is 389 g/mol. The Kier molecular flexibility index (Phi) is 4.54. The van der Waals surface area contributed by atoms with E-state index in [-0.39, 0.29) is 11.4 Å². The van der Waals surface area contributed by atoms with Crippen LogP contribution in [-0.4, -0.2) is 36.1 Å². The molecule has 0 saturated heterocycles. The fraction of sp³-hybridized carbons (Fsp3) is 0. The molecule has 9 heteroatoms. The van der Waals surface area contributed by atoms with Crippen LogP contribution in [0.1, 0.15) is 5.56 Å². The summed E-state index contributed by atoms with van der Waals surface area (Å²) in [5, 5.41) is 32.7. The second-order valence-corrected chi connectivity index (χ2v) is 6.02. The highest BCUT2D eigenvalue weighted by atomic mass is 16.3. The number of phenolic OH excluding ortho intramolecular Hbond substituents is 3. The average Bonchev–Trinajstić information content (AvgIpc) is 2.74. The lowest BCUT2D eigenvalue weighted by atomic mass is 10.2. The maximum Gasteiger partial charge on any atom is 0.301 e. The summed E-state index contributed by atoms with van der Waals surface area (Å²) in [4.78, 5) is 21.5. The van der Waals surface area contributed by atoms with E-state index in [1.807, 2.05) is 18.2 Å². The van der Waals surface area contributed by atoms with Crippen molar-refractivity contribution in [3.8, 4) is 22.9 Å². The molecule has 0 atom stereocenters.